The van der Waals surface area contributed by atoms with Crippen LogP contribution in [0.1, 0.15) is 11.1 Å². The molecule has 66 valence electrons. The van der Waals surface area contributed by atoms with E-state index in [0.717, 1.165) is 0 Å². The zero-order chi connectivity index (χ0) is 8.97. The monoisotopic (exact) mass is 169 g/mol. The first-order chi connectivity index (χ1) is 5.75. The topological polar surface area (TPSA) is 35.2 Å². The second-order valence-corrected chi connectivity index (χ2v) is 2.67. The second kappa shape index (κ2) is 4.18. The maximum absolute atomic E-state index is 13.2. The van der Waals surface area contributed by atoms with E-state index < -0.39 is 0 Å². The van der Waals surface area contributed by atoms with Crippen molar-refractivity contribution in [1.82, 2.24) is 0 Å². The molecule has 2 nitrogen and oxygen atoms in total. The molecule has 0 amide bonds. The molecule has 0 bridgehead atoms. The van der Waals surface area contributed by atoms with Crippen molar-refractivity contribution < 1.29 is 9.23 Å². The number of nitrogens with two attached hydrogens (primary N) is 1. The van der Waals surface area contributed by atoms with Gasteiger partial charge in [-0.1, -0.05) is 18.2 Å². The molecular weight excluding hydrogens is 157 g/mol. The summed E-state index contributed by atoms with van der Waals surface area (Å²) in [5.74, 6) is 4.68. The van der Waals surface area contributed by atoms with Gasteiger partial charge in [-0.2, -0.15) is 0 Å². The maximum atomic E-state index is 13.2. The Labute approximate surface area is 71.1 Å². The van der Waals surface area contributed by atoms with Crippen molar-refractivity contribution in [2.24, 2.45) is 5.90 Å². The Kier molecular flexibility index (Phi) is 3.19. The third-order valence-electron chi connectivity index (χ3n) is 1.76. The number of rotatable bonds is 3. The summed E-state index contributed by atoms with van der Waals surface area (Å²) in [6, 6.07) is 5.30. The smallest absolute Gasteiger partial charge is 0.129 e. The number of aryl methyl sites for hydroxylation is 1. The molecule has 3 heteroatoms. The maximum Gasteiger partial charge on any atom is 0.129 e. The minimum absolute atomic E-state index is 0.158. The second-order valence-electron chi connectivity index (χ2n) is 2.67. The highest BCUT2D eigenvalue weighted by Gasteiger charge is 2.03. The summed E-state index contributed by atoms with van der Waals surface area (Å²) >= 11 is 0. The highest BCUT2D eigenvalue weighted by Crippen LogP contribution is 2.11. The summed E-state index contributed by atoms with van der Waals surface area (Å²) in [5, 5.41) is 0. The third kappa shape index (κ3) is 2.03. The van der Waals surface area contributed by atoms with E-state index in [1.165, 1.54) is 0 Å². The van der Waals surface area contributed by atoms with Crippen LogP contribution in [-0.2, 0) is 11.3 Å². The number of halogens is 1. The van der Waals surface area contributed by atoms with Crippen molar-refractivity contribution >= 4 is 0 Å². The predicted molar refractivity (Wildman–Crippen MR) is 45.0 cm³/mol. The molecule has 0 aliphatic rings. The molecular formula is C9H12FNO. The van der Waals surface area contributed by atoms with Gasteiger partial charge in [0.2, 0.25) is 0 Å². The van der Waals surface area contributed by atoms with Crippen LogP contribution in [0.4, 0.5) is 4.39 Å². The van der Waals surface area contributed by atoms with Crippen LogP contribution < -0.4 is 5.90 Å². The lowest BCUT2D eigenvalue weighted by molar-refractivity contribution is 0.140. The van der Waals surface area contributed by atoms with Gasteiger partial charge in [0.15, 0.2) is 0 Å². The minimum Gasteiger partial charge on any atom is -0.304 e. The van der Waals surface area contributed by atoms with Gasteiger partial charge >= 0.3 is 0 Å². The molecule has 1 aromatic carbocycles. The van der Waals surface area contributed by atoms with Crippen molar-refractivity contribution in [3.8, 4) is 0 Å². The van der Waals surface area contributed by atoms with Crippen molar-refractivity contribution in [2.75, 3.05) is 6.61 Å². The number of benzene rings is 1. The van der Waals surface area contributed by atoms with Gasteiger partial charge in [-0.05, 0) is 18.1 Å². The number of hydrogen-bond donors (Lipinski definition) is 1. The zero-order valence-electron chi connectivity index (χ0n) is 7.01. The highest BCUT2D eigenvalue weighted by molar-refractivity contribution is 5.24. The van der Waals surface area contributed by atoms with Gasteiger partial charge < -0.3 is 4.84 Å². The Hall–Kier alpha value is -0.930. The van der Waals surface area contributed by atoms with E-state index in [9.17, 15) is 4.39 Å². The van der Waals surface area contributed by atoms with E-state index in [4.69, 9.17) is 5.90 Å². The summed E-state index contributed by atoms with van der Waals surface area (Å²) in [5.41, 5.74) is 1.31. The molecule has 0 spiro atoms. The van der Waals surface area contributed by atoms with Crippen LogP contribution in [0.2, 0.25) is 0 Å². The molecule has 0 radical (unpaired) electrons. The van der Waals surface area contributed by atoms with Crippen molar-refractivity contribution in [1.29, 1.82) is 0 Å². The van der Waals surface area contributed by atoms with E-state index in [-0.39, 0.29) is 5.82 Å². The van der Waals surface area contributed by atoms with Crippen LogP contribution in [0.5, 0.6) is 0 Å². The van der Waals surface area contributed by atoms with Gasteiger partial charge in [0.25, 0.3) is 0 Å². The first-order valence-electron chi connectivity index (χ1n) is 3.81. The minimum atomic E-state index is -0.158. The van der Waals surface area contributed by atoms with Crippen molar-refractivity contribution in [3.05, 3.63) is 35.1 Å². The van der Waals surface area contributed by atoms with Gasteiger partial charge in [-0.15, -0.1) is 0 Å². The van der Waals surface area contributed by atoms with Crippen LogP contribution >= 0.6 is 0 Å². The van der Waals surface area contributed by atoms with Crippen LogP contribution in [0, 0.1) is 12.7 Å². The molecule has 0 saturated heterocycles. The Bertz CT molecular complexity index is 263. The van der Waals surface area contributed by atoms with Gasteiger partial charge in [-0.25, -0.2) is 10.3 Å². The summed E-state index contributed by atoms with van der Waals surface area (Å²) in [4.78, 5) is 4.37. The van der Waals surface area contributed by atoms with E-state index in [1.807, 2.05) is 6.07 Å². The molecule has 2 N–H and O–H groups in total. The standard InChI is InChI=1S/C9H12FNO/c1-7-3-2-4-8(9(7)10)5-6-12-11/h2-4H,5-6,11H2,1H3. The fraction of sp³-hybridized carbons (Fsp3) is 0.333. The van der Waals surface area contributed by atoms with Crippen LogP contribution in [0.25, 0.3) is 0 Å². The predicted octanol–water partition coefficient (Wildman–Crippen LogP) is 1.57. The Balaban J connectivity index is 2.78. The van der Waals surface area contributed by atoms with E-state index in [0.29, 0.717) is 24.2 Å². The van der Waals surface area contributed by atoms with Crippen LogP contribution in [-0.4, -0.2) is 6.61 Å². The molecule has 0 fully saturated rings. The van der Waals surface area contributed by atoms with Gasteiger partial charge in [0.05, 0.1) is 6.61 Å². The SMILES string of the molecule is Cc1cccc(CCON)c1F. The highest BCUT2D eigenvalue weighted by atomic mass is 19.1. The molecule has 0 aromatic heterocycles. The fourth-order valence-electron chi connectivity index (χ4n) is 1.07. The largest absolute Gasteiger partial charge is 0.304 e. The summed E-state index contributed by atoms with van der Waals surface area (Å²) < 4.78 is 13.2. The Morgan fingerprint density at radius 3 is 2.92 bits per heavy atom. The molecule has 0 aliphatic carbocycles. The lowest BCUT2D eigenvalue weighted by Gasteiger charge is -2.03. The molecule has 0 heterocycles. The fourth-order valence-corrected chi connectivity index (χ4v) is 1.07. The zero-order valence-corrected chi connectivity index (χ0v) is 7.01. The molecule has 12 heavy (non-hydrogen) atoms. The molecule has 1 rings (SSSR count). The quantitative estimate of drug-likeness (QED) is 0.697. The summed E-state index contributed by atoms with van der Waals surface area (Å²) in [7, 11) is 0. The van der Waals surface area contributed by atoms with Gasteiger partial charge in [0.1, 0.15) is 5.82 Å². The van der Waals surface area contributed by atoms with Crippen molar-refractivity contribution in [2.45, 2.75) is 13.3 Å². The molecule has 0 atom stereocenters. The molecule has 0 saturated carbocycles. The molecule has 1 aromatic rings. The van der Waals surface area contributed by atoms with Gasteiger partial charge in [-0.3, -0.25) is 0 Å². The van der Waals surface area contributed by atoms with E-state index in [2.05, 4.69) is 4.84 Å². The van der Waals surface area contributed by atoms with E-state index >= 15 is 0 Å². The third-order valence-corrected chi connectivity index (χ3v) is 1.76. The van der Waals surface area contributed by atoms with Crippen LogP contribution in [0.15, 0.2) is 18.2 Å². The normalized spacial score (nSPS) is 10.2. The molecule has 0 unspecified atom stereocenters. The van der Waals surface area contributed by atoms with Gasteiger partial charge in [0, 0.05) is 6.42 Å². The lowest BCUT2D eigenvalue weighted by Crippen LogP contribution is -2.05. The van der Waals surface area contributed by atoms with Crippen LogP contribution in [0.3, 0.4) is 0 Å². The first kappa shape index (κ1) is 9.16. The summed E-state index contributed by atoms with van der Waals surface area (Å²) in [6.07, 6.45) is 0.518. The Morgan fingerprint density at radius 1 is 1.50 bits per heavy atom. The molecule has 0 aliphatic heterocycles. The average Bonchev–Trinajstić information content (AvgIpc) is 2.08. The van der Waals surface area contributed by atoms with E-state index in [1.54, 1.807) is 19.1 Å². The number of hydrogen-bond acceptors (Lipinski definition) is 2. The Morgan fingerprint density at radius 2 is 2.25 bits per heavy atom. The lowest BCUT2D eigenvalue weighted by atomic mass is 10.1. The average molecular weight is 169 g/mol. The summed E-state index contributed by atoms with van der Waals surface area (Å²) in [6.45, 7) is 2.09. The first-order valence-corrected chi connectivity index (χ1v) is 3.81. The van der Waals surface area contributed by atoms with Crippen molar-refractivity contribution in [3.63, 3.8) is 0 Å².